The van der Waals surface area contributed by atoms with Crippen LogP contribution in [0, 0.1) is 0 Å². The molecule has 0 radical (unpaired) electrons. The normalized spacial score (nSPS) is 10.5. The van der Waals surface area contributed by atoms with Crippen LogP contribution in [0.2, 0.25) is 0 Å². The van der Waals surface area contributed by atoms with Crippen LogP contribution in [0.15, 0.2) is 14.4 Å². The van der Waals surface area contributed by atoms with E-state index in [1.807, 2.05) is 0 Å². The highest BCUT2D eigenvalue weighted by atomic mass is 16.4. The summed E-state index contributed by atoms with van der Waals surface area (Å²) in [6.45, 7) is 0.839. The van der Waals surface area contributed by atoms with Crippen molar-refractivity contribution in [3.05, 3.63) is 31.5 Å². The van der Waals surface area contributed by atoms with Crippen LogP contribution in [-0.2, 0) is 29.7 Å². The molecule has 1 aromatic rings. The summed E-state index contributed by atoms with van der Waals surface area (Å²) >= 11 is 0. The Bertz CT molecular complexity index is 652. The van der Waals surface area contributed by atoms with Gasteiger partial charge in [-0.05, 0) is 6.92 Å². The standard InChI is InChI=1S/C11H15N3O6/c1-7(15)3-5-13-9(18)12(2)10(19)14(11(13)20)6-4-8(16)17/h3-6H2,1-2H3,(H,16,17). The molecule has 110 valence electrons. The molecule has 0 bridgehead atoms. The molecule has 0 spiro atoms. The van der Waals surface area contributed by atoms with E-state index >= 15 is 0 Å². The molecule has 0 amide bonds. The number of aromatic nitrogens is 3. The molecular formula is C11H15N3O6. The van der Waals surface area contributed by atoms with E-state index in [-0.39, 0.29) is 25.3 Å². The number of carbonyl (C=O) groups excluding carboxylic acids is 1. The molecule has 1 rings (SSSR count). The number of aliphatic carboxylic acids is 1. The summed E-state index contributed by atoms with van der Waals surface area (Å²) in [5.74, 6) is -1.37. The SMILES string of the molecule is CC(=O)CCn1c(=O)n(C)c(=O)n(CCC(=O)O)c1=O. The van der Waals surface area contributed by atoms with Crippen LogP contribution < -0.4 is 17.1 Å². The minimum absolute atomic E-state index is 0.0215. The van der Waals surface area contributed by atoms with Gasteiger partial charge in [0.25, 0.3) is 0 Å². The van der Waals surface area contributed by atoms with Crippen LogP contribution in [-0.4, -0.2) is 30.6 Å². The van der Waals surface area contributed by atoms with Crippen LogP contribution in [0.5, 0.6) is 0 Å². The monoisotopic (exact) mass is 285 g/mol. The van der Waals surface area contributed by atoms with Gasteiger partial charge in [0.1, 0.15) is 5.78 Å². The molecule has 1 N–H and O–H groups in total. The average molecular weight is 285 g/mol. The van der Waals surface area contributed by atoms with E-state index in [0.29, 0.717) is 9.13 Å². The van der Waals surface area contributed by atoms with E-state index in [4.69, 9.17) is 5.11 Å². The van der Waals surface area contributed by atoms with Crippen LogP contribution in [0.25, 0.3) is 0 Å². The van der Waals surface area contributed by atoms with Crippen molar-refractivity contribution in [2.24, 2.45) is 7.05 Å². The molecule has 0 atom stereocenters. The van der Waals surface area contributed by atoms with Crippen molar-refractivity contribution in [2.45, 2.75) is 32.9 Å². The van der Waals surface area contributed by atoms with Crippen LogP contribution in [0.1, 0.15) is 19.8 Å². The fraction of sp³-hybridized carbons (Fsp3) is 0.545. The molecule has 9 nitrogen and oxygen atoms in total. The first-order valence-corrected chi connectivity index (χ1v) is 5.87. The number of nitrogens with zero attached hydrogens (tertiary/aromatic N) is 3. The summed E-state index contributed by atoms with van der Waals surface area (Å²) < 4.78 is 2.14. The fourth-order valence-electron chi connectivity index (χ4n) is 1.61. The van der Waals surface area contributed by atoms with Gasteiger partial charge in [-0.2, -0.15) is 0 Å². The van der Waals surface area contributed by atoms with E-state index in [1.54, 1.807) is 0 Å². The fourth-order valence-corrected chi connectivity index (χ4v) is 1.61. The predicted octanol–water partition coefficient (Wildman–Crippen LogP) is -1.84. The molecule has 0 saturated carbocycles. The van der Waals surface area contributed by atoms with Gasteiger partial charge in [-0.25, -0.2) is 28.1 Å². The molecule has 0 fully saturated rings. The second-order valence-electron chi connectivity index (χ2n) is 4.31. The number of hydrogen-bond donors (Lipinski definition) is 1. The Balaban J connectivity index is 3.35. The molecule has 20 heavy (non-hydrogen) atoms. The van der Waals surface area contributed by atoms with Gasteiger partial charge in [-0.15, -0.1) is 0 Å². The summed E-state index contributed by atoms with van der Waals surface area (Å²) in [7, 11) is 1.19. The molecule has 0 aliphatic carbocycles. The third-order valence-electron chi connectivity index (χ3n) is 2.73. The number of carbonyl (C=O) groups is 2. The lowest BCUT2D eigenvalue weighted by Gasteiger charge is -2.10. The van der Waals surface area contributed by atoms with Gasteiger partial charge in [0.15, 0.2) is 0 Å². The van der Waals surface area contributed by atoms with Gasteiger partial charge >= 0.3 is 23.0 Å². The second kappa shape index (κ2) is 6.13. The van der Waals surface area contributed by atoms with Crippen molar-refractivity contribution >= 4 is 11.8 Å². The first kappa shape index (κ1) is 15.6. The molecule has 0 saturated heterocycles. The van der Waals surface area contributed by atoms with Crippen molar-refractivity contribution in [1.82, 2.24) is 13.7 Å². The molecule has 0 aliphatic rings. The number of rotatable bonds is 6. The number of Topliss-reactive ketones (excluding diaryl/α,β-unsaturated/α-hetero) is 1. The van der Waals surface area contributed by atoms with Crippen LogP contribution in [0.4, 0.5) is 0 Å². The predicted molar refractivity (Wildman–Crippen MR) is 67.8 cm³/mol. The summed E-state index contributed by atoms with van der Waals surface area (Å²) in [4.78, 5) is 57.0. The topological polar surface area (TPSA) is 120 Å². The van der Waals surface area contributed by atoms with Gasteiger partial charge in [0.05, 0.1) is 6.42 Å². The van der Waals surface area contributed by atoms with Crippen LogP contribution >= 0.6 is 0 Å². The van der Waals surface area contributed by atoms with Crippen molar-refractivity contribution in [3.63, 3.8) is 0 Å². The Hall–Kier alpha value is -2.45. The van der Waals surface area contributed by atoms with Crippen LogP contribution in [0.3, 0.4) is 0 Å². The average Bonchev–Trinajstić information content (AvgIpc) is 2.35. The zero-order valence-electron chi connectivity index (χ0n) is 11.2. The number of hydrogen-bond acceptors (Lipinski definition) is 5. The molecule has 1 aromatic heterocycles. The first-order chi connectivity index (χ1) is 9.25. The summed E-state index contributed by atoms with van der Waals surface area (Å²) in [5.41, 5.74) is -2.60. The van der Waals surface area contributed by atoms with Crippen molar-refractivity contribution in [3.8, 4) is 0 Å². The summed E-state index contributed by atoms with van der Waals surface area (Å²) in [6.07, 6.45) is -0.438. The Morgan fingerprint density at radius 1 is 0.950 bits per heavy atom. The van der Waals surface area contributed by atoms with Gasteiger partial charge in [-0.3, -0.25) is 9.59 Å². The lowest BCUT2D eigenvalue weighted by molar-refractivity contribution is -0.137. The summed E-state index contributed by atoms with van der Waals surface area (Å²) in [6, 6.07) is 0. The van der Waals surface area contributed by atoms with Gasteiger partial charge in [0.2, 0.25) is 0 Å². The van der Waals surface area contributed by atoms with E-state index in [1.165, 1.54) is 14.0 Å². The lowest BCUT2D eigenvalue weighted by Crippen LogP contribution is -2.53. The molecule has 0 aliphatic heterocycles. The highest BCUT2D eigenvalue weighted by Crippen LogP contribution is 1.86. The van der Waals surface area contributed by atoms with Crippen molar-refractivity contribution < 1.29 is 14.7 Å². The Morgan fingerprint density at radius 2 is 1.40 bits per heavy atom. The Labute approximate surface area is 112 Å². The molecular weight excluding hydrogens is 270 g/mol. The maximum atomic E-state index is 12.0. The molecule has 0 unspecified atom stereocenters. The van der Waals surface area contributed by atoms with Gasteiger partial charge < -0.3 is 5.11 Å². The van der Waals surface area contributed by atoms with E-state index < -0.39 is 29.5 Å². The molecule has 1 heterocycles. The Kier molecular flexibility index (Phi) is 4.78. The number of ketones is 1. The lowest BCUT2D eigenvalue weighted by atomic mass is 10.3. The quantitative estimate of drug-likeness (QED) is 0.656. The third kappa shape index (κ3) is 3.31. The number of carboxylic acids is 1. The van der Waals surface area contributed by atoms with Gasteiger partial charge in [0, 0.05) is 26.6 Å². The maximum absolute atomic E-state index is 12.0. The zero-order chi connectivity index (χ0) is 15.4. The van der Waals surface area contributed by atoms with Gasteiger partial charge in [-0.1, -0.05) is 0 Å². The minimum Gasteiger partial charge on any atom is -0.481 e. The zero-order valence-corrected chi connectivity index (χ0v) is 11.2. The van der Waals surface area contributed by atoms with E-state index in [2.05, 4.69) is 0 Å². The van der Waals surface area contributed by atoms with Crippen molar-refractivity contribution in [2.75, 3.05) is 0 Å². The Morgan fingerprint density at radius 3 is 1.80 bits per heavy atom. The smallest absolute Gasteiger partial charge is 0.336 e. The molecule has 0 aromatic carbocycles. The highest BCUT2D eigenvalue weighted by molar-refractivity contribution is 5.75. The van der Waals surface area contributed by atoms with E-state index in [0.717, 1.165) is 4.57 Å². The largest absolute Gasteiger partial charge is 0.481 e. The first-order valence-electron chi connectivity index (χ1n) is 5.87. The highest BCUT2D eigenvalue weighted by Gasteiger charge is 2.14. The maximum Gasteiger partial charge on any atom is 0.336 e. The minimum atomic E-state index is -1.17. The number of carboxylic acid groups (broad SMARTS) is 1. The second-order valence-corrected chi connectivity index (χ2v) is 4.31. The van der Waals surface area contributed by atoms with E-state index in [9.17, 15) is 24.0 Å². The molecule has 9 heteroatoms. The third-order valence-corrected chi connectivity index (χ3v) is 2.73. The van der Waals surface area contributed by atoms with Crippen molar-refractivity contribution in [1.29, 1.82) is 0 Å². The summed E-state index contributed by atoms with van der Waals surface area (Å²) in [5, 5.41) is 8.59.